The number of carboxylic acid groups (broad SMARTS) is 1. The number of aliphatic carboxylic acids is 1. The zero-order chi connectivity index (χ0) is 16.9. The summed E-state index contributed by atoms with van der Waals surface area (Å²) in [7, 11) is 0. The second-order valence-electron chi connectivity index (χ2n) is 8.26. The van der Waals surface area contributed by atoms with Gasteiger partial charge in [-0.15, -0.1) is 0 Å². The lowest BCUT2D eigenvalue weighted by molar-refractivity contribution is -0.170. The van der Waals surface area contributed by atoms with E-state index < -0.39 is 5.97 Å². The molecule has 24 heavy (non-hydrogen) atoms. The average Bonchev–Trinajstić information content (AvgIpc) is 3.10. The largest absolute Gasteiger partial charge is 0.478 e. The van der Waals surface area contributed by atoms with Crippen molar-refractivity contribution in [3.8, 4) is 0 Å². The van der Waals surface area contributed by atoms with E-state index in [1.807, 2.05) is 18.4 Å². The van der Waals surface area contributed by atoms with Crippen LogP contribution in [0.25, 0.3) is 0 Å². The first-order valence-corrected chi connectivity index (χ1v) is 9.04. The number of hydrogen-bond donors (Lipinski definition) is 1. The van der Waals surface area contributed by atoms with Gasteiger partial charge < -0.3 is 14.3 Å². The molecule has 4 heteroatoms. The molecule has 0 amide bonds. The van der Waals surface area contributed by atoms with Crippen LogP contribution in [0.4, 0.5) is 0 Å². The fourth-order valence-electron chi connectivity index (χ4n) is 5.60. The molecule has 1 saturated carbocycles. The Hall–Kier alpha value is -1.55. The first-order chi connectivity index (χ1) is 11.5. The van der Waals surface area contributed by atoms with Gasteiger partial charge in [0.25, 0.3) is 0 Å². The number of rotatable bonds is 4. The van der Waals surface area contributed by atoms with E-state index in [2.05, 4.69) is 13.8 Å². The van der Waals surface area contributed by atoms with E-state index in [4.69, 9.17) is 9.15 Å². The highest BCUT2D eigenvalue weighted by atomic mass is 16.5. The molecule has 1 N–H and O–H groups in total. The third kappa shape index (κ3) is 2.19. The van der Waals surface area contributed by atoms with Crippen molar-refractivity contribution in [2.75, 3.05) is 6.61 Å². The summed E-state index contributed by atoms with van der Waals surface area (Å²) in [5.74, 6) is 0.227. The van der Waals surface area contributed by atoms with Gasteiger partial charge in [-0.1, -0.05) is 13.8 Å². The molecule has 5 rings (SSSR count). The molecule has 1 aromatic rings. The predicted molar refractivity (Wildman–Crippen MR) is 89.5 cm³/mol. The molecule has 2 bridgehead atoms. The van der Waals surface area contributed by atoms with Crippen molar-refractivity contribution in [3.05, 3.63) is 35.8 Å². The number of carboxylic acids is 1. The van der Waals surface area contributed by atoms with Gasteiger partial charge in [0.1, 0.15) is 0 Å². The van der Waals surface area contributed by atoms with Gasteiger partial charge in [-0.2, -0.15) is 0 Å². The second kappa shape index (κ2) is 5.48. The molecule has 2 aliphatic heterocycles. The number of ether oxygens (including phenoxy) is 1. The number of furan rings is 1. The fourth-order valence-corrected chi connectivity index (χ4v) is 5.60. The molecule has 0 aromatic carbocycles. The molecule has 1 aromatic heterocycles. The number of aryl methyl sites for hydroxylation is 1. The summed E-state index contributed by atoms with van der Waals surface area (Å²) >= 11 is 0. The first-order valence-electron chi connectivity index (χ1n) is 9.04. The molecular weight excluding hydrogens is 304 g/mol. The minimum Gasteiger partial charge on any atom is -0.478 e. The van der Waals surface area contributed by atoms with Gasteiger partial charge >= 0.3 is 5.97 Å². The van der Waals surface area contributed by atoms with Crippen LogP contribution in [0.2, 0.25) is 0 Å². The Morgan fingerprint density at radius 3 is 3.00 bits per heavy atom. The Labute approximate surface area is 142 Å². The van der Waals surface area contributed by atoms with Crippen LogP contribution in [0, 0.1) is 22.7 Å². The van der Waals surface area contributed by atoms with Crippen LogP contribution in [-0.4, -0.2) is 23.8 Å². The molecule has 5 atom stereocenters. The molecule has 130 valence electrons. The van der Waals surface area contributed by atoms with Gasteiger partial charge in [-0.25, -0.2) is 4.79 Å². The van der Waals surface area contributed by atoms with E-state index in [0.717, 1.165) is 32.1 Å². The Kier molecular flexibility index (Phi) is 3.64. The number of carbonyl (C=O) groups is 1. The van der Waals surface area contributed by atoms with Gasteiger partial charge in [0.2, 0.25) is 0 Å². The third-order valence-electron chi connectivity index (χ3n) is 7.29. The Balaban J connectivity index is 1.67. The maximum absolute atomic E-state index is 11.9. The van der Waals surface area contributed by atoms with Crippen LogP contribution in [0.1, 0.15) is 45.1 Å². The minimum absolute atomic E-state index is 0.0264. The van der Waals surface area contributed by atoms with Crippen molar-refractivity contribution >= 4 is 5.97 Å². The van der Waals surface area contributed by atoms with Crippen LogP contribution < -0.4 is 0 Å². The first kappa shape index (κ1) is 15.9. The van der Waals surface area contributed by atoms with E-state index in [0.29, 0.717) is 24.0 Å². The fraction of sp³-hybridized carbons (Fsp3) is 0.650. The van der Waals surface area contributed by atoms with Crippen molar-refractivity contribution in [2.24, 2.45) is 22.7 Å². The molecule has 0 unspecified atom stereocenters. The predicted octanol–water partition coefficient (Wildman–Crippen LogP) is 4.06. The molecule has 4 aliphatic rings. The zero-order valence-electron chi connectivity index (χ0n) is 14.5. The van der Waals surface area contributed by atoms with Crippen LogP contribution in [0.5, 0.6) is 0 Å². The standard InChI is InChI=1S/C20H26O4/c1-13-3-7-20-12-24-15(9-16(20)18(21)22)10-17(20)19(13,2)6-4-14-5-8-23-11-14/h5,8-9,11,13,15,17H,3-4,6-7,10,12H2,1-2H3,(H,21,22)/t13-,15-,17-,19+,20-/m1/s1. The maximum Gasteiger partial charge on any atom is 0.332 e. The van der Waals surface area contributed by atoms with E-state index in [9.17, 15) is 9.90 Å². The van der Waals surface area contributed by atoms with Crippen molar-refractivity contribution in [3.63, 3.8) is 0 Å². The van der Waals surface area contributed by atoms with Gasteiger partial charge in [-0.3, -0.25) is 0 Å². The highest BCUT2D eigenvalue weighted by Crippen LogP contribution is 2.64. The lowest BCUT2D eigenvalue weighted by Crippen LogP contribution is -2.59. The van der Waals surface area contributed by atoms with Crippen LogP contribution in [-0.2, 0) is 16.0 Å². The van der Waals surface area contributed by atoms with Crippen molar-refractivity contribution in [1.29, 1.82) is 0 Å². The lowest BCUT2D eigenvalue weighted by Gasteiger charge is -2.62. The highest BCUT2D eigenvalue weighted by molar-refractivity contribution is 5.89. The van der Waals surface area contributed by atoms with E-state index >= 15 is 0 Å². The van der Waals surface area contributed by atoms with Gasteiger partial charge in [-0.05, 0) is 67.1 Å². The maximum atomic E-state index is 11.9. The van der Waals surface area contributed by atoms with Crippen molar-refractivity contribution in [2.45, 2.75) is 52.1 Å². The smallest absolute Gasteiger partial charge is 0.332 e. The lowest BCUT2D eigenvalue weighted by atomic mass is 9.45. The average molecular weight is 330 g/mol. The number of fused-ring (bicyclic) bond motifs is 1. The molecule has 2 aliphatic carbocycles. The summed E-state index contributed by atoms with van der Waals surface area (Å²) in [6.07, 6.45) is 10.4. The summed E-state index contributed by atoms with van der Waals surface area (Å²) in [6.45, 7) is 5.30. The minimum atomic E-state index is -0.750. The van der Waals surface area contributed by atoms with E-state index in [-0.39, 0.29) is 16.9 Å². The molecule has 1 saturated heterocycles. The van der Waals surface area contributed by atoms with Crippen molar-refractivity contribution in [1.82, 2.24) is 0 Å². The monoisotopic (exact) mass is 330 g/mol. The van der Waals surface area contributed by atoms with Crippen LogP contribution in [0.15, 0.2) is 34.7 Å². The quantitative estimate of drug-likeness (QED) is 0.904. The molecule has 4 nitrogen and oxygen atoms in total. The van der Waals surface area contributed by atoms with Crippen molar-refractivity contribution < 1.29 is 19.1 Å². The SMILES string of the molecule is C[C@@H]1CC[C@@]23CO[C@H](C=C2C(=O)O)C[C@@H]3[C@@]1(C)CCc1ccoc1. The van der Waals surface area contributed by atoms with E-state index in [1.54, 1.807) is 6.26 Å². The summed E-state index contributed by atoms with van der Waals surface area (Å²) in [6, 6.07) is 2.03. The van der Waals surface area contributed by atoms with Gasteiger partial charge in [0.05, 0.1) is 25.2 Å². The highest BCUT2D eigenvalue weighted by Gasteiger charge is 2.61. The second-order valence-corrected chi connectivity index (χ2v) is 8.26. The summed E-state index contributed by atoms with van der Waals surface area (Å²) in [4.78, 5) is 11.9. The molecule has 3 heterocycles. The Morgan fingerprint density at radius 2 is 2.29 bits per heavy atom. The zero-order valence-corrected chi connectivity index (χ0v) is 14.5. The molecule has 2 fully saturated rings. The summed E-state index contributed by atoms with van der Waals surface area (Å²) in [5.41, 5.74) is 1.69. The Bertz CT molecular complexity index is 661. The topological polar surface area (TPSA) is 59.7 Å². The van der Waals surface area contributed by atoms with Gasteiger partial charge in [0.15, 0.2) is 0 Å². The van der Waals surface area contributed by atoms with E-state index in [1.165, 1.54) is 5.56 Å². The van der Waals surface area contributed by atoms with Crippen LogP contribution >= 0.6 is 0 Å². The Morgan fingerprint density at radius 1 is 1.46 bits per heavy atom. The molecule has 1 spiro atoms. The van der Waals surface area contributed by atoms with Gasteiger partial charge in [0, 0.05) is 11.0 Å². The number of hydrogen-bond acceptors (Lipinski definition) is 3. The molecular formula is C20H26O4. The summed E-state index contributed by atoms with van der Waals surface area (Å²) in [5, 5.41) is 9.77. The summed E-state index contributed by atoms with van der Waals surface area (Å²) < 4.78 is 11.2. The normalized spacial score (nSPS) is 40.9. The third-order valence-corrected chi connectivity index (χ3v) is 7.29. The molecule has 0 radical (unpaired) electrons. The van der Waals surface area contributed by atoms with Crippen LogP contribution in [0.3, 0.4) is 0 Å².